The van der Waals surface area contributed by atoms with E-state index < -0.39 is 21.5 Å². The molecule has 0 bridgehead atoms. The summed E-state index contributed by atoms with van der Waals surface area (Å²) < 4.78 is 21.7. The summed E-state index contributed by atoms with van der Waals surface area (Å²) in [5.41, 5.74) is 6.93. The lowest BCUT2D eigenvalue weighted by atomic mass is 10.1. The average Bonchev–Trinajstić information content (AvgIpc) is 2.27. The summed E-state index contributed by atoms with van der Waals surface area (Å²) in [5, 5.41) is 2.54. The quantitative estimate of drug-likeness (QED) is 0.774. The van der Waals surface area contributed by atoms with Crippen LogP contribution in [0.15, 0.2) is 30.3 Å². The van der Waals surface area contributed by atoms with Crippen LogP contribution < -0.4 is 11.1 Å². The van der Waals surface area contributed by atoms with Crippen molar-refractivity contribution in [1.29, 1.82) is 0 Å². The minimum absolute atomic E-state index is 0.162. The predicted molar refractivity (Wildman–Crippen MR) is 70.7 cm³/mol. The second kappa shape index (κ2) is 6.51. The molecule has 18 heavy (non-hydrogen) atoms. The van der Waals surface area contributed by atoms with Crippen molar-refractivity contribution in [3.63, 3.8) is 0 Å². The molecule has 0 aliphatic heterocycles. The fourth-order valence-electron chi connectivity index (χ4n) is 1.52. The smallest absolute Gasteiger partial charge is 0.235 e. The first kappa shape index (κ1) is 14.7. The van der Waals surface area contributed by atoms with E-state index in [0.717, 1.165) is 11.8 Å². The Morgan fingerprint density at radius 2 is 1.94 bits per heavy atom. The largest absolute Gasteiger partial charge is 0.355 e. The molecule has 5 nitrogen and oxygen atoms in total. The Hall–Kier alpha value is -1.40. The monoisotopic (exact) mass is 270 g/mol. The molecular formula is C12H18N2O3S. The second-order valence-corrected chi connectivity index (χ2v) is 6.37. The Morgan fingerprint density at radius 3 is 2.50 bits per heavy atom. The Morgan fingerprint density at radius 1 is 1.33 bits per heavy atom. The van der Waals surface area contributed by atoms with Crippen LogP contribution in [0.25, 0.3) is 0 Å². The van der Waals surface area contributed by atoms with Crippen LogP contribution in [0.4, 0.5) is 0 Å². The van der Waals surface area contributed by atoms with Crippen molar-refractivity contribution >= 4 is 15.7 Å². The van der Waals surface area contributed by atoms with E-state index in [1.54, 1.807) is 0 Å². The molecule has 6 heteroatoms. The van der Waals surface area contributed by atoms with Gasteiger partial charge in [0.2, 0.25) is 5.91 Å². The zero-order valence-electron chi connectivity index (χ0n) is 10.3. The maximum atomic E-state index is 11.2. The standard InChI is InChI=1S/C12H18N2O3S/c1-18(16,17)9-12(15)14-8-7-11(13)10-5-3-2-4-6-10/h2-6,11H,7-9,13H2,1H3,(H,14,15). The van der Waals surface area contributed by atoms with E-state index in [0.29, 0.717) is 13.0 Å². The number of hydrogen-bond acceptors (Lipinski definition) is 4. The van der Waals surface area contributed by atoms with Gasteiger partial charge in [0.05, 0.1) is 0 Å². The zero-order chi connectivity index (χ0) is 13.6. The van der Waals surface area contributed by atoms with E-state index in [1.165, 1.54) is 0 Å². The van der Waals surface area contributed by atoms with E-state index in [-0.39, 0.29) is 6.04 Å². The molecule has 1 atom stereocenters. The summed E-state index contributed by atoms with van der Waals surface area (Å²) in [6.45, 7) is 0.365. The van der Waals surface area contributed by atoms with Crippen LogP contribution in [0, 0.1) is 0 Å². The number of carbonyl (C=O) groups excluding carboxylic acids is 1. The third kappa shape index (κ3) is 5.79. The first-order valence-corrected chi connectivity index (χ1v) is 7.69. The normalized spacial score (nSPS) is 13.0. The van der Waals surface area contributed by atoms with Gasteiger partial charge in [-0.2, -0.15) is 0 Å². The Kier molecular flexibility index (Phi) is 5.30. The molecular weight excluding hydrogens is 252 g/mol. The van der Waals surface area contributed by atoms with Crippen LogP contribution in [0.1, 0.15) is 18.0 Å². The molecule has 0 saturated heterocycles. The van der Waals surface area contributed by atoms with Gasteiger partial charge in [0.15, 0.2) is 9.84 Å². The summed E-state index contributed by atoms with van der Waals surface area (Å²) in [6.07, 6.45) is 1.60. The van der Waals surface area contributed by atoms with Gasteiger partial charge in [-0.15, -0.1) is 0 Å². The topological polar surface area (TPSA) is 89.3 Å². The molecule has 0 fully saturated rings. The number of nitrogens with two attached hydrogens (primary N) is 1. The van der Waals surface area contributed by atoms with E-state index in [4.69, 9.17) is 5.73 Å². The SMILES string of the molecule is CS(=O)(=O)CC(=O)NCCC(N)c1ccccc1. The number of rotatable bonds is 6. The molecule has 0 aromatic heterocycles. The Bertz CT molecular complexity index is 485. The van der Waals surface area contributed by atoms with Gasteiger partial charge in [0.1, 0.15) is 5.75 Å². The maximum Gasteiger partial charge on any atom is 0.235 e. The lowest BCUT2D eigenvalue weighted by Crippen LogP contribution is -2.32. The second-order valence-electron chi connectivity index (χ2n) is 4.23. The van der Waals surface area contributed by atoms with Gasteiger partial charge in [-0.05, 0) is 12.0 Å². The third-order valence-corrected chi connectivity index (χ3v) is 3.19. The van der Waals surface area contributed by atoms with E-state index >= 15 is 0 Å². The van der Waals surface area contributed by atoms with Crippen molar-refractivity contribution in [2.45, 2.75) is 12.5 Å². The molecule has 3 N–H and O–H groups in total. The number of sulfone groups is 1. The molecule has 0 aliphatic carbocycles. The minimum Gasteiger partial charge on any atom is -0.355 e. The lowest BCUT2D eigenvalue weighted by molar-refractivity contribution is -0.118. The first-order valence-electron chi connectivity index (χ1n) is 5.63. The van der Waals surface area contributed by atoms with Gasteiger partial charge in [0.25, 0.3) is 0 Å². The van der Waals surface area contributed by atoms with Gasteiger partial charge in [-0.3, -0.25) is 4.79 Å². The predicted octanol–water partition coefficient (Wildman–Crippen LogP) is 0.237. The van der Waals surface area contributed by atoms with E-state index in [1.807, 2.05) is 30.3 Å². The summed E-state index contributed by atoms with van der Waals surface area (Å²) >= 11 is 0. The van der Waals surface area contributed by atoms with Crippen molar-refractivity contribution in [2.24, 2.45) is 5.73 Å². The molecule has 1 rings (SSSR count). The van der Waals surface area contributed by atoms with Crippen molar-refractivity contribution < 1.29 is 13.2 Å². The van der Waals surface area contributed by atoms with Crippen LogP contribution >= 0.6 is 0 Å². The summed E-state index contributed by atoms with van der Waals surface area (Å²) in [6, 6.07) is 9.38. The summed E-state index contributed by atoms with van der Waals surface area (Å²) in [4.78, 5) is 11.2. The van der Waals surface area contributed by atoms with Crippen molar-refractivity contribution in [2.75, 3.05) is 18.6 Å². The number of hydrogen-bond donors (Lipinski definition) is 2. The van der Waals surface area contributed by atoms with Crippen LogP contribution in [-0.4, -0.2) is 32.9 Å². The van der Waals surface area contributed by atoms with Gasteiger partial charge in [0, 0.05) is 18.8 Å². The van der Waals surface area contributed by atoms with Crippen LogP contribution in [0.5, 0.6) is 0 Å². The fourth-order valence-corrected chi connectivity index (χ4v) is 2.10. The first-order chi connectivity index (χ1) is 8.38. The number of carbonyl (C=O) groups is 1. The molecule has 0 heterocycles. The highest BCUT2D eigenvalue weighted by atomic mass is 32.2. The van der Waals surface area contributed by atoms with Crippen molar-refractivity contribution in [1.82, 2.24) is 5.32 Å². The van der Waals surface area contributed by atoms with Gasteiger partial charge >= 0.3 is 0 Å². The third-order valence-electron chi connectivity index (χ3n) is 2.40. The minimum atomic E-state index is -3.27. The zero-order valence-corrected chi connectivity index (χ0v) is 11.1. The molecule has 0 spiro atoms. The highest BCUT2D eigenvalue weighted by molar-refractivity contribution is 7.91. The van der Waals surface area contributed by atoms with Crippen molar-refractivity contribution in [3.8, 4) is 0 Å². The maximum absolute atomic E-state index is 11.2. The van der Waals surface area contributed by atoms with Crippen LogP contribution in [0.2, 0.25) is 0 Å². The number of benzene rings is 1. The highest BCUT2D eigenvalue weighted by Crippen LogP contribution is 2.11. The van der Waals surface area contributed by atoms with Gasteiger partial charge in [-0.1, -0.05) is 30.3 Å². The molecule has 1 unspecified atom stereocenters. The van der Waals surface area contributed by atoms with Crippen LogP contribution in [-0.2, 0) is 14.6 Å². The van der Waals surface area contributed by atoms with Crippen LogP contribution in [0.3, 0.4) is 0 Å². The summed E-state index contributed by atoms with van der Waals surface area (Å²) in [5.74, 6) is -0.967. The molecule has 1 amide bonds. The Balaban J connectivity index is 2.32. The molecule has 0 aliphatic rings. The molecule has 1 aromatic rings. The van der Waals surface area contributed by atoms with Gasteiger partial charge in [-0.25, -0.2) is 8.42 Å². The number of nitrogens with one attached hydrogen (secondary N) is 1. The Labute approximate surface area is 107 Å². The number of amides is 1. The summed E-state index contributed by atoms with van der Waals surface area (Å²) in [7, 11) is -3.27. The lowest BCUT2D eigenvalue weighted by Gasteiger charge is -2.12. The van der Waals surface area contributed by atoms with Gasteiger partial charge < -0.3 is 11.1 Å². The van der Waals surface area contributed by atoms with E-state index in [2.05, 4.69) is 5.32 Å². The highest BCUT2D eigenvalue weighted by Gasteiger charge is 2.11. The fraction of sp³-hybridized carbons (Fsp3) is 0.417. The van der Waals surface area contributed by atoms with E-state index in [9.17, 15) is 13.2 Å². The molecule has 0 radical (unpaired) electrons. The molecule has 100 valence electrons. The van der Waals surface area contributed by atoms with Crippen molar-refractivity contribution in [3.05, 3.63) is 35.9 Å². The molecule has 1 aromatic carbocycles. The molecule has 0 saturated carbocycles. The average molecular weight is 270 g/mol.